The fourth-order valence-corrected chi connectivity index (χ4v) is 3.53. The molecule has 2 aromatic heterocycles. The van der Waals surface area contributed by atoms with Gasteiger partial charge >= 0.3 is 0 Å². The topological polar surface area (TPSA) is 71.1 Å². The number of nitrogens with one attached hydrogen (secondary N) is 1. The summed E-state index contributed by atoms with van der Waals surface area (Å²) in [5.74, 6) is 1.56. The lowest BCUT2D eigenvalue weighted by molar-refractivity contribution is 0.0700. The van der Waals surface area contributed by atoms with Crippen LogP contribution in [0.2, 0.25) is 0 Å². The smallest absolute Gasteiger partial charge is 0.259 e. The van der Waals surface area contributed by atoms with E-state index in [2.05, 4.69) is 9.97 Å². The first kappa shape index (κ1) is 16.6. The van der Waals surface area contributed by atoms with E-state index < -0.39 is 0 Å². The number of likely N-dealkylation sites (tertiary alicyclic amines) is 1. The summed E-state index contributed by atoms with van der Waals surface area (Å²) in [7, 11) is 0. The van der Waals surface area contributed by atoms with E-state index in [-0.39, 0.29) is 11.8 Å². The molecule has 1 N–H and O–H groups in total. The van der Waals surface area contributed by atoms with E-state index in [1.54, 1.807) is 18.3 Å². The molecule has 1 aromatic carbocycles. The molecule has 1 aliphatic rings. The SMILES string of the molecule is CCOc1ncccc1C(=O)N1CCC[C@H](c2nc3ccccc3[nH]2)C1. The minimum Gasteiger partial charge on any atom is -0.477 e. The Kier molecular flexibility index (Phi) is 4.56. The van der Waals surface area contributed by atoms with Crippen molar-refractivity contribution in [2.24, 2.45) is 0 Å². The molecule has 0 saturated carbocycles. The molecule has 0 spiro atoms. The van der Waals surface area contributed by atoms with Gasteiger partial charge in [-0.15, -0.1) is 0 Å². The number of para-hydroxylation sites is 2. The molecule has 6 heteroatoms. The molecular weight excluding hydrogens is 328 g/mol. The van der Waals surface area contributed by atoms with Crippen LogP contribution in [0.1, 0.15) is 41.9 Å². The van der Waals surface area contributed by atoms with E-state index in [4.69, 9.17) is 9.72 Å². The van der Waals surface area contributed by atoms with Crippen molar-refractivity contribution in [2.75, 3.05) is 19.7 Å². The van der Waals surface area contributed by atoms with Crippen molar-refractivity contribution in [2.45, 2.75) is 25.7 Å². The molecular formula is C20H22N4O2. The lowest BCUT2D eigenvalue weighted by Crippen LogP contribution is -2.39. The number of aromatic nitrogens is 3. The van der Waals surface area contributed by atoms with E-state index in [0.29, 0.717) is 24.6 Å². The largest absolute Gasteiger partial charge is 0.477 e. The molecule has 0 bridgehead atoms. The molecule has 0 aliphatic carbocycles. The van der Waals surface area contributed by atoms with Crippen LogP contribution >= 0.6 is 0 Å². The van der Waals surface area contributed by atoms with Gasteiger partial charge in [0.1, 0.15) is 11.4 Å². The van der Waals surface area contributed by atoms with Gasteiger partial charge in [0, 0.05) is 25.2 Å². The Bertz CT molecular complexity index is 888. The summed E-state index contributed by atoms with van der Waals surface area (Å²) >= 11 is 0. The van der Waals surface area contributed by atoms with Crippen LogP contribution in [0.5, 0.6) is 5.88 Å². The van der Waals surface area contributed by atoms with Crippen molar-refractivity contribution in [3.63, 3.8) is 0 Å². The van der Waals surface area contributed by atoms with Crippen LogP contribution in [-0.2, 0) is 0 Å². The minimum atomic E-state index is -0.0256. The number of carbonyl (C=O) groups is 1. The fraction of sp³-hybridized carbons (Fsp3) is 0.350. The molecule has 1 amide bonds. The van der Waals surface area contributed by atoms with Crippen LogP contribution in [0.3, 0.4) is 0 Å². The Morgan fingerprint density at radius 1 is 1.31 bits per heavy atom. The van der Waals surface area contributed by atoms with Crippen molar-refractivity contribution >= 4 is 16.9 Å². The molecule has 3 heterocycles. The first-order chi connectivity index (χ1) is 12.8. The quantitative estimate of drug-likeness (QED) is 0.783. The predicted octanol–water partition coefficient (Wildman–Crippen LogP) is 3.38. The highest BCUT2D eigenvalue weighted by molar-refractivity contribution is 5.96. The standard InChI is InChI=1S/C20H22N4O2/c1-2-26-19-15(8-5-11-21-19)20(25)24-12-6-7-14(13-24)18-22-16-9-3-4-10-17(16)23-18/h3-5,8-11,14H,2,6-7,12-13H2,1H3,(H,22,23)/t14-/m0/s1. The average molecular weight is 350 g/mol. The normalized spacial score (nSPS) is 17.4. The molecule has 3 aromatic rings. The van der Waals surface area contributed by atoms with E-state index in [9.17, 15) is 4.79 Å². The van der Waals surface area contributed by atoms with Gasteiger partial charge in [0.2, 0.25) is 5.88 Å². The first-order valence-corrected chi connectivity index (χ1v) is 9.08. The van der Waals surface area contributed by atoms with Crippen molar-refractivity contribution in [3.8, 4) is 5.88 Å². The van der Waals surface area contributed by atoms with Gasteiger partial charge in [0.15, 0.2) is 0 Å². The van der Waals surface area contributed by atoms with Gasteiger partial charge in [-0.2, -0.15) is 0 Å². The van der Waals surface area contributed by atoms with Crippen molar-refractivity contribution in [1.29, 1.82) is 0 Å². The fourth-order valence-electron chi connectivity index (χ4n) is 3.53. The molecule has 1 saturated heterocycles. The van der Waals surface area contributed by atoms with Gasteiger partial charge in [0.25, 0.3) is 5.91 Å². The summed E-state index contributed by atoms with van der Waals surface area (Å²) in [6, 6.07) is 11.6. The van der Waals surface area contributed by atoms with Gasteiger partial charge in [-0.1, -0.05) is 12.1 Å². The van der Waals surface area contributed by atoms with Crippen LogP contribution in [-0.4, -0.2) is 45.5 Å². The first-order valence-electron chi connectivity index (χ1n) is 9.08. The van der Waals surface area contributed by atoms with Crippen LogP contribution in [0.4, 0.5) is 0 Å². The van der Waals surface area contributed by atoms with Gasteiger partial charge in [-0.25, -0.2) is 9.97 Å². The number of pyridine rings is 1. The Morgan fingerprint density at radius 2 is 2.19 bits per heavy atom. The van der Waals surface area contributed by atoms with Gasteiger partial charge < -0.3 is 14.6 Å². The van der Waals surface area contributed by atoms with E-state index in [0.717, 1.165) is 36.2 Å². The van der Waals surface area contributed by atoms with Crippen molar-refractivity contribution < 1.29 is 9.53 Å². The van der Waals surface area contributed by atoms with E-state index in [1.165, 1.54) is 0 Å². The number of benzene rings is 1. The number of carbonyl (C=O) groups excluding carboxylic acids is 1. The van der Waals surface area contributed by atoms with Crippen molar-refractivity contribution in [3.05, 3.63) is 54.0 Å². The number of piperidine rings is 1. The second-order valence-corrected chi connectivity index (χ2v) is 6.52. The molecule has 1 atom stereocenters. The zero-order valence-electron chi connectivity index (χ0n) is 14.8. The van der Waals surface area contributed by atoms with E-state index >= 15 is 0 Å². The maximum atomic E-state index is 13.0. The molecule has 134 valence electrons. The summed E-state index contributed by atoms with van der Waals surface area (Å²) in [6.45, 7) is 3.77. The Labute approximate surface area is 152 Å². The molecule has 1 fully saturated rings. The monoisotopic (exact) mass is 350 g/mol. The highest BCUT2D eigenvalue weighted by Gasteiger charge is 2.29. The summed E-state index contributed by atoms with van der Waals surface area (Å²) in [5.41, 5.74) is 2.54. The van der Waals surface area contributed by atoms with E-state index in [1.807, 2.05) is 36.1 Å². The summed E-state index contributed by atoms with van der Waals surface area (Å²) in [4.78, 5) is 27.2. The Morgan fingerprint density at radius 3 is 3.04 bits per heavy atom. The zero-order chi connectivity index (χ0) is 17.9. The third-order valence-corrected chi connectivity index (χ3v) is 4.79. The van der Waals surface area contributed by atoms with Gasteiger partial charge in [-0.3, -0.25) is 4.79 Å². The molecule has 0 unspecified atom stereocenters. The highest BCUT2D eigenvalue weighted by atomic mass is 16.5. The Balaban J connectivity index is 1.56. The number of fused-ring (bicyclic) bond motifs is 1. The maximum absolute atomic E-state index is 13.0. The minimum absolute atomic E-state index is 0.0256. The third-order valence-electron chi connectivity index (χ3n) is 4.79. The predicted molar refractivity (Wildman–Crippen MR) is 99.4 cm³/mol. The number of ether oxygens (including phenoxy) is 1. The number of hydrogen-bond donors (Lipinski definition) is 1. The summed E-state index contributed by atoms with van der Waals surface area (Å²) in [5, 5.41) is 0. The van der Waals surface area contributed by atoms with Crippen molar-refractivity contribution in [1.82, 2.24) is 19.9 Å². The highest BCUT2D eigenvalue weighted by Crippen LogP contribution is 2.28. The van der Waals surface area contributed by atoms with Crippen LogP contribution in [0, 0.1) is 0 Å². The maximum Gasteiger partial charge on any atom is 0.259 e. The second kappa shape index (κ2) is 7.15. The summed E-state index contributed by atoms with van der Waals surface area (Å²) in [6.07, 6.45) is 3.63. The average Bonchev–Trinajstić information content (AvgIpc) is 3.13. The van der Waals surface area contributed by atoms with Crippen LogP contribution in [0.25, 0.3) is 11.0 Å². The number of hydrogen-bond acceptors (Lipinski definition) is 4. The van der Waals surface area contributed by atoms with Crippen LogP contribution in [0.15, 0.2) is 42.6 Å². The van der Waals surface area contributed by atoms with Crippen LogP contribution < -0.4 is 4.74 Å². The number of aromatic amines is 1. The zero-order valence-corrected chi connectivity index (χ0v) is 14.8. The number of nitrogens with zero attached hydrogens (tertiary/aromatic N) is 3. The summed E-state index contributed by atoms with van der Waals surface area (Å²) < 4.78 is 5.52. The number of amides is 1. The third kappa shape index (κ3) is 3.14. The second-order valence-electron chi connectivity index (χ2n) is 6.52. The Hall–Kier alpha value is -2.89. The lowest BCUT2D eigenvalue weighted by Gasteiger charge is -2.32. The lowest BCUT2D eigenvalue weighted by atomic mass is 9.97. The molecule has 0 radical (unpaired) electrons. The number of H-pyrrole nitrogens is 1. The van der Waals surface area contributed by atoms with Gasteiger partial charge in [0.05, 0.1) is 17.6 Å². The molecule has 1 aliphatic heterocycles. The van der Waals surface area contributed by atoms with Gasteiger partial charge in [-0.05, 0) is 44.0 Å². The molecule has 6 nitrogen and oxygen atoms in total. The number of rotatable bonds is 4. The molecule has 4 rings (SSSR count). The number of imidazole rings is 1. The molecule has 26 heavy (non-hydrogen) atoms.